The Bertz CT molecular complexity index is 1310. The largest absolute Gasteiger partial charge is 0.495 e. The van der Waals surface area contributed by atoms with E-state index in [-0.39, 0.29) is 35.5 Å². The minimum Gasteiger partial charge on any atom is -0.495 e. The summed E-state index contributed by atoms with van der Waals surface area (Å²) in [5, 5.41) is 4.64. The highest BCUT2D eigenvalue weighted by Gasteiger charge is 2.31. The fourth-order valence-electron chi connectivity index (χ4n) is 3.92. The van der Waals surface area contributed by atoms with Gasteiger partial charge in [-0.25, -0.2) is 8.42 Å². The first-order valence-electron chi connectivity index (χ1n) is 10.5. The van der Waals surface area contributed by atoms with Gasteiger partial charge in [0.2, 0.25) is 15.9 Å². The number of carbonyl (C=O) groups is 2. The van der Waals surface area contributed by atoms with Gasteiger partial charge in [-0.1, -0.05) is 30.3 Å². The lowest BCUT2D eigenvalue weighted by atomic mass is 10.1. The molecule has 9 heteroatoms. The quantitative estimate of drug-likeness (QED) is 0.622. The van der Waals surface area contributed by atoms with Gasteiger partial charge < -0.3 is 15.0 Å². The summed E-state index contributed by atoms with van der Waals surface area (Å²) in [6, 6.07) is 17.8. The van der Waals surface area contributed by atoms with Crippen molar-refractivity contribution in [3.8, 4) is 5.75 Å². The van der Waals surface area contributed by atoms with Gasteiger partial charge in [-0.05, 0) is 41.1 Å². The number of amides is 2. The van der Waals surface area contributed by atoms with E-state index < -0.39 is 10.0 Å². The smallest absolute Gasteiger partial charge is 0.253 e. The standard InChI is InChI=1S/C24H25N3O5S/c1-17(28)25-22-16-21(9-10-23(22)32-2)33(30,31)27-13-11-26(12-14-27)24(29)20-8-7-18-5-3-4-6-19(18)15-20/h3-10,15-16H,11-14H2,1-2H3,(H,25,28). The molecule has 4 rings (SSSR count). The molecule has 1 saturated heterocycles. The van der Waals surface area contributed by atoms with Gasteiger partial charge in [0.1, 0.15) is 5.75 Å². The van der Waals surface area contributed by atoms with Crippen molar-refractivity contribution in [1.82, 2.24) is 9.21 Å². The summed E-state index contributed by atoms with van der Waals surface area (Å²) >= 11 is 0. The molecular formula is C24H25N3O5S. The molecule has 0 aliphatic carbocycles. The van der Waals surface area contributed by atoms with Crippen LogP contribution < -0.4 is 10.1 Å². The van der Waals surface area contributed by atoms with Crippen LogP contribution in [0.2, 0.25) is 0 Å². The zero-order valence-corrected chi connectivity index (χ0v) is 19.3. The van der Waals surface area contributed by atoms with Crippen LogP contribution in [0.4, 0.5) is 5.69 Å². The fraction of sp³-hybridized carbons (Fsp3) is 0.250. The topological polar surface area (TPSA) is 96.0 Å². The number of sulfonamides is 1. The van der Waals surface area contributed by atoms with E-state index in [1.165, 1.54) is 36.5 Å². The summed E-state index contributed by atoms with van der Waals surface area (Å²) in [6.07, 6.45) is 0. The summed E-state index contributed by atoms with van der Waals surface area (Å²) in [6.45, 7) is 2.29. The molecule has 1 heterocycles. The minimum absolute atomic E-state index is 0.0568. The van der Waals surface area contributed by atoms with E-state index in [2.05, 4.69) is 5.32 Å². The predicted octanol–water partition coefficient (Wildman–Crippen LogP) is 2.95. The van der Waals surface area contributed by atoms with Crippen LogP contribution in [0.3, 0.4) is 0 Å². The molecule has 0 bridgehead atoms. The van der Waals surface area contributed by atoms with Crippen LogP contribution in [-0.4, -0.2) is 62.7 Å². The molecule has 3 aromatic rings. The first-order valence-corrected chi connectivity index (χ1v) is 12.0. The van der Waals surface area contributed by atoms with Gasteiger partial charge in [0.25, 0.3) is 5.91 Å². The van der Waals surface area contributed by atoms with Crippen LogP contribution in [0.25, 0.3) is 10.8 Å². The number of carbonyl (C=O) groups excluding carboxylic acids is 2. The Morgan fingerprint density at radius 3 is 2.27 bits per heavy atom. The summed E-state index contributed by atoms with van der Waals surface area (Å²) in [4.78, 5) is 26.2. The number of anilines is 1. The van der Waals surface area contributed by atoms with E-state index in [1.807, 2.05) is 36.4 Å². The number of methoxy groups -OCH3 is 1. The van der Waals surface area contributed by atoms with Crippen LogP contribution in [-0.2, 0) is 14.8 Å². The molecule has 8 nitrogen and oxygen atoms in total. The Balaban J connectivity index is 1.48. The van der Waals surface area contributed by atoms with Gasteiger partial charge >= 0.3 is 0 Å². The van der Waals surface area contributed by atoms with Gasteiger partial charge in [0.05, 0.1) is 17.7 Å². The monoisotopic (exact) mass is 467 g/mol. The number of nitrogens with zero attached hydrogens (tertiary/aromatic N) is 2. The van der Waals surface area contributed by atoms with E-state index >= 15 is 0 Å². The van der Waals surface area contributed by atoms with E-state index in [0.717, 1.165) is 10.8 Å². The Kier molecular flexibility index (Phi) is 6.35. The third-order valence-electron chi connectivity index (χ3n) is 5.64. The van der Waals surface area contributed by atoms with Crippen molar-refractivity contribution in [3.63, 3.8) is 0 Å². The van der Waals surface area contributed by atoms with Crippen LogP contribution in [0.5, 0.6) is 5.75 Å². The molecule has 0 atom stereocenters. The highest BCUT2D eigenvalue weighted by molar-refractivity contribution is 7.89. The summed E-state index contributed by atoms with van der Waals surface area (Å²) in [5.74, 6) is -0.0752. The molecular weight excluding hydrogens is 442 g/mol. The highest BCUT2D eigenvalue weighted by Crippen LogP contribution is 2.29. The second-order valence-electron chi connectivity index (χ2n) is 7.80. The minimum atomic E-state index is -3.80. The van der Waals surface area contributed by atoms with Crippen molar-refractivity contribution >= 4 is 38.3 Å². The molecule has 3 aromatic carbocycles. The molecule has 33 heavy (non-hydrogen) atoms. The van der Waals surface area contributed by atoms with E-state index in [1.54, 1.807) is 11.0 Å². The van der Waals surface area contributed by atoms with Crippen molar-refractivity contribution in [1.29, 1.82) is 0 Å². The van der Waals surface area contributed by atoms with E-state index in [0.29, 0.717) is 24.4 Å². The lowest BCUT2D eigenvalue weighted by molar-refractivity contribution is -0.114. The first-order chi connectivity index (χ1) is 15.8. The number of benzene rings is 3. The second kappa shape index (κ2) is 9.21. The van der Waals surface area contributed by atoms with Crippen LogP contribution in [0, 0.1) is 0 Å². The van der Waals surface area contributed by atoms with Crippen LogP contribution >= 0.6 is 0 Å². The average molecular weight is 468 g/mol. The number of ether oxygens (including phenoxy) is 1. The maximum Gasteiger partial charge on any atom is 0.253 e. The van der Waals surface area contributed by atoms with Crippen molar-refractivity contribution < 1.29 is 22.7 Å². The predicted molar refractivity (Wildman–Crippen MR) is 126 cm³/mol. The van der Waals surface area contributed by atoms with E-state index in [9.17, 15) is 18.0 Å². The van der Waals surface area contributed by atoms with Crippen LogP contribution in [0.15, 0.2) is 65.6 Å². The first kappa shape index (κ1) is 22.8. The second-order valence-corrected chi connectivity index (χ2v) is 9.74. The molecule has 0 saturated carbocycles. The Labute approximate surface area is 192 Å². The van der Waals surface area contributed by atoms with Crippen molar-refractivity contribution in [2.75, 3.05) is 38.6 Å². The lowest BCUT2D eigenvalue weighted by Crippen LogP contribution is -2.50. The molecule has 1 aliphatic rings. The van der Waals surface area contributed by atoms with Gasteiger partial charge in [0, 0.05) is 38.7 Å². The molecule has 1 aliphatic heterocycles. The van der Waals surface area contributed by atoms with Gasteiger partial charge in [-0.3, -0.25) is 9.59 Å². The molecule has 0 unspecified atom stereocenters. The van der Waals surface area contributed by atoms with Crippen molar-refractivity contribution in [2.45, 2.75) is 11.8 Å². The van der Waals surface area contributed by atoms with Crippen molar-refractivity contribution in [3.05, 3.63) is 66.2 Å². The lowest BCUT2D eigenvalue weighted by Gasteiger charge is -2.34. The molecule has 2 amide bonds. The maximum atomic E-state index is 13.2. The number of piperazine rings is 1. The SMILES string of the molecule is COc1ccc(S(=O)(=O)N2CCN(C(=O)c3ccc4ccccc4c3)CC2)cc1NC(C)=O. The number of hydrogen-bond donors (Lipinski definition) is 1. The third-order valence-corrected chi connectivity index (χ3v) is 7.54. The fourth-order valence-corrected chi connectivity index (χ4v) is 5.37. The Morgan fingerprint density at radius 1 is 0.909 bits per heavy atom. The molecule has 0 aromatic heterocycles. The molecule has 172 valence electrons. The molecule has 0 radical (unpaired) electrons. The van der Waals surface area contributed by atoms with Gasteiger partial charge in [-0.15, -0.1) is 0 Å². The normalized spacial score (nSPS) is 14.8. The van der Waals surface area contributed by atoms with Gasteiger partial charge in [0.15, 0.2) is 0 Å². The number of rotatable bonds is 5. The van der Waals surface area contributed by atoms with Gasteiger partial charge in [-0.2, -0.15) is 4.31 Å². The molecule has 1 N–H and O–H groups in total. The van der Waals surface area contributed by atoms with Crippen LogP contribution in [0.1, 0.15) is 17.3 Å². The molecule has 0 spiro atoms. The Hall–Kier alpha value is -3.43. The number of nitrogens with one attached hydrogen (secondary N) is 1. The zero-order valence-electron chi connectivity index (χ0n) is 18.4. The zero-order chi connectivity index (χ0) is 23.6. The maximum absolute atomic E-state index is 13.2. The summed E-state index contributed by atoms with van der Waals surface area (Å²) in [7, 11) is -2.35. The van der Waals surface area contributed by atoms with Crippen molar-refractivity contribution in [2.24, 2.45) is 0 Å². The Morgan fingerprint density at radius 2 is 1.61 bits per heavy atom. The third kappa shape index (κ3) is 4.69. The average Bonchev–Trinajstić information content (AvgIpc) is 2.83. The number of fused-ring (bicyclic) bond motifs is 1. The van der Waals surface area contributed by atoms with E-state index in [4.69, 9.17) is 4.74 Å². The summed E-state index contributed by atoms with van der Waals surface area (Å²) < 4.78 is 32.9. The summed E-state index contributed by atoms with van der Waals surface area (Å²) in [5.41, 5.74) is 0.872. The highest BCUT2D eigenvalue weighted by atomic mass is 32.2. The molecule has 1 fully saturated rings. The number of hydrogen-bond acceptors (Lipinski definition) is 5.